The minimum absolute atomic E-state index is 0.148. The molecule has 29 heavy (non-hydrogen) atoms. The number of fused-ring (bicyclic) bond motifs is 1. The van der Waals surface area contributed by atoms with Gasteiger partial charge in [-0.05, 0) is 33.8 Å². The number of ether oxygens (including phenoxy) is 1. The fourth-order valence-electron chi connectivity index (χ4n) is 4.58. The molecule has 3 rings (SSSR count). The van der Waals surface area contributed by atoms with Gasteiger partial charge in [0.1, 0.15) is 0 Å². The number of phenolic OH excluding ortho intramolecular Hbond substituents is 1. The summed E-state index contributed by atoms with van der Waals surface area (Å²) in [5.41, 5.74) is -2.74. The van der Waals surface area contributed by atoms with Crippen LogP contribution in [0.1, 0.15) is 39.3 Å². The second-order valence-corrected chi connectivity index (χ2v) is 8.56. The fourth-order valence-corrected chi connectivity index (χ4v) is 4.58. The predicted octanol–water partition coefficient (Wildman–Crippen LogP) is 0.649. The Morgan fingerprint density at radius 1 is 1.28 bits per heavy atom. The van der Waals surface area contributed by atoms with Gasteiger partial charge in [-0.15, -0.1) is 0 Å². The van der Waals surface area contributed by atoms with Crippen molar-refractivity contribution >= 4 is 17.8 Å². The van der Waals surface area contributed by atoms with E-state index >= 15 is 0 Å². The summed E-state index contributed by atoms with van der Waals surface area (Å²) in [5.74, 6) is -5.19. The number of carbonyl (C=O) groups excluding carboxylic acids is 2. The Morgan fingerprint density at radius 3 is 2.38 bits per heavy atom. The molecule has 2 amide bonds. The normalized spacial score (nSPS) is 30.4. The molecule has 0 spiro atoms. The van der Waals surface area contributed by atoms with Crippen molar-refractivity contribution in [1.29, 1.82) is 0 Å². The number of carboxylic acids is 1. The summed E-state index contributed by atoms with van der Waals surface area (Å²) in [6, 6.07) is 3.64. The van der Waals surface area contributed by atoms with Crippen LogP contribution in [0.3, 0.4) is 0 Å². The van der Waals surface area contributed by atoms with Crippen molar-refractivity contribution < 1.29 is 34.4 Å². The van der Waals surface area contributed by atoms with Gasteiger partial charge in [-0.1, -0.05) is 12.1 Å². The maximum atomic E-state index is 13.3. The Morgan fingerprint density at radius 2 is 1.90 bits per heavy atom. The van der Waals surface area contributed by atoms with Crippen LogP contribution in [0.2, 0.25) is 0 Å². The average molecular weight is 406 g/mol. The van der Waals surface area contributed by atoms with E-state index < -0.39 is 52.8 Å². The third-order valence-corrected chi connectivity index (χ3v) is 5.86. The van der Waals surface area contributed by atoms with Gasteiger partial charge in [0.15, 0.2) is 17.0 Å². The lowest BCUT2D eigenvalue weighted by molar-refractivity contribution is -0.158. The minimum Gasteiger partial charge on any atom is -0.504 e. The van der Waals surface area contributed by atoms with Crippen LogP contribution in [0.5, 0.6) is 11.5 Å². The highest BCUT2D eigenvalue weighted by Crippen LogP contribution is 2.53. The van der Waals surface area contributed by atoms with Gasteiger partial charge in [0.25, 0.3) is 0 Å². The van der Waals surface area contributed by atoms with Crippen LogP contribution in [0.15, 0.2) is 18.2 Å². The number of methoxy groups -OCH3 is 1. The molecule has 0 bridgehead atoms. The fraction of sp³-hybridized carbons (Fsp3) is 0.550. The molecule has 2 fully saturated rings. The lowest BCUT2D eigenvalue weighted by atomic mass is 9.76. The lowest BCUT2D eigenvalue weighted by Gasteiger charge is -2.36. The number of rotatable bonds is 4. The smallest absolute Gasteiger partial charge is 0.327 e. The summed E-state index contributed by atoms with van der Waals surface area (Å²) in [4.78, 5) is 39.9. The molecular formula is C20H26N2O7. The number of carbonyl (C=O) groups is 3. The van der Waals surface area contributed by atoms with E-state index in [9.17, 15) is 29.7 Å². The number of hydrogen-bond acceptors (Lipinski definition) is 7. The van der Waals surface area contributed by atoms with Gasteiger partial charge in [-0.25, -0.2) is 0 Å². The van der Waals surface area contributed by atoms with Crippen LogP contribution < -0.4 is 10.1 Å². The van der Waals surface area contributed by atoms with Crippen LogP contribution in [-0.4, -0.2) is 62.3 Å². The topological polar surface area (TPSA) is 136 Å². The van der Waals surface area contributed by atoms with E-state index in [1.54, 1.807) is 26.8 Å². The van der Waals surface area contributed by atoms with E-state index in [0.29, 0.717) is 0 Å². The molecule has 1 aromatic rings. The minimum atomic E-state index is -2.09. The molecule has 0 aromatic heterocycles. The van der Waals surface area contributed by atoms with Crippen molar-refractivity contribution in [3.63, 3.8) is 0 Å². The Hall–Kier alpha value is -2.65. The van der Waals surface area contributed by atoms with E-state index in [2.05, 4.69) is 5.32 Å². The maximum absolute atomic E-state index is 13.3. The number of aromatic hydroxyl groups is 1. The van der Waals surface area contributed by atoms with Crippen LogP contribution in [-0.2, 0) is 14.4 Å². The van der Waals surface area contributed by atoms with Gasteiger partial charge in [-0.3, -0.25) is 24.6 Å². The first kappa shape index (κ1) is 21.1. The zero-order valence-electron chi connectivity index (χ0n) is 17.0. The lowest BCUT2D eigenvalue weighted by Crippen LogP contribution is -2.63. The average Bonchev–Trinajstić information content (AvgIpc) is 3.10. The van der Waals surface area contributed by atoms with Crippen LogP contribution in [0.4, 0.5) is 0 Å². The Balaban J connectivity index is 2.25. The summed E-state index contributed by atoms with van der Waals surface area (Å²) in [6.07, 6.45) is -1.48. The number of para-hydroxylation sites is 1. The standard InChI is InChI=1S/C20H26N2O7/c1-9(23)20(18(27)28)13-12(16(25)22(17(13)26)19(2,3)4)14(21-20)10-7-6-8-11(29-5)15(10)24/h6-9,12-14,21,23-24H,1-5H3,(H,27,28). The van der Waals surface area contributed by atoms with Crippen molar-refractivity contribution in [2.24, 2.45) is 11.8 Å². The van der Waals surface area contributed by atoms with Crippen molar-refractivity contribution in [3.8, 4) is 11.5 Å². The van der Waals surface area contributed by atoms with Gasteiger partial charge < -0.3 is 20.1 Å². The highest BCUT2D eigenvalue weighted by molar-refractivity contribution is 6.10. The number of carboxylic acid groups (broad SMARTS) is 1. The van der Waals surface area contributed by atoms with E-state index in [1.807, 2.05) is 0 Å². The van der Waals surface area contributed by atoms with E-state index in [-0.39, 0.29) is 17.1 Å². The molecule has 158 valence electrons. The van der Waals surface area contributed by atoms with E-state index in [1.165, 1.54) is 26.2 Å². The quantitative estimate of drug-likeness (QED) is 0.535. The largest absolute Gasteiger partial charge is 0.504 e. The monoisotopic (exact) mass is 406 g/mol. The molecule has 2 aliphatic rings. The molecule has 9 heteroatoms. The molecule has 0 saturated carbocycles. The number of amides is 2. The zero-order chi connectivity index (χ0) is 21.9. The van der Waals surface area contributed by atoms with Crippen molar-refractivity contribution in [3.05, 3.63) is 23.8 Å². The molecule has 5 atom stereocenters. The summed E-state index contributed by atoms with van der Waals surface area (Å²) in [6.45, 7) is 6.31. The van der Waals surface area contributed by atoms with Gasteiger partial charge in [0, 0.05) is 17.1 Å². The number of aliphatic hydroxyl groups excluding tert-OH is 1. The second kappa shape index (κ2) is 6.70. The Bertz CT molecular complexity index is 876. The number of nitrogens with one attached hydrogen (secondary N) is 1. The number of nitrogens with zero attached hydrogens (tertiary/aromatic N) is 1. The first-order valence-corrected chi connectivity index (χ1v) is 9.32. The Labute approximate surface area is 168 Å². The molecule has 2 aliphatic heterocycles. The number of benzene rings is 1. The summed E-state index contributed by atoms with van der Waals surface area (Å²) >= 11 is 0. The highest BCUT2D eigenvalue weighted by Gasteiger charge is 2.71. The number of hydrogen-bond donors (Lipinski definition) is 4. The van der Waals surface area contributed by atoms with Crippen molar-refractivity contribution in [1.82, 2.24) is 10.2 Å². The molecule has 4 N–H and O–H groups in total. The van der Waals surface area contributed by atoms with Crippen LogP contribution in [0.25, 0.3) is 0 Å². The van der Waals surface area contributed by atoms with E-state index in [0.717, 1.165) is 4.90 Å². The number of likely N-dealkylation sites (tertiary alicyclic amines) is 1. The molecule has 2 saturated heterocycles. The number of aliphatic hydroxyl groups is 1. The zero-order valence-corrected chi connectivity index (χ0v) is 17.0. The second-order valence-electron chi connectivity index (χ2n) is 8.56. The first-order valence-electron chi connectivity index (χ1n) is 9.32. The summed E-state index contributed by atoms with van der Waals surface area (Å²) in [7, 11) is 1.37. The van der Waals surface area contributed by atoms with Gasteiger partial charge >= 0.3 is 5.97 Å². The molecular weight excluding hydrogens is 380 g/mol. The number of phenols is 1. The molecule has 1 aromatic carbocycles. The molecule has 5 unspecified atom stereocenters. The SMILES string of the molecule is COc1cccc(C2NC(C(=O)O)(C(C)O)C3C(=O)N(C(C)(C)C)C(=O)C23)c1O. The summed E-state index contributed by atoms with van der Waals surface area (Å²) < 4.78 is 5.12. The predicted molar refractivity (Wildman–Crippen MR) is 101 cm³/mol. The van der Waals surface area contributed by atoms with E-state index in [4.69, 9.17) is 4.74 Å². The molecule has 0 radical (unpaired) electrons. The Kier molecular flexibility index (Phi) is 4.87. The number of imide groups is 1. The highest BCUT2D eigenvalue weighted by atomic mass is 16.5. The van der Waals surface area contributed by atoms with Gasteiger partial charge in [-0.2, -0.15) is 0 Å². The summed E-state index contributed by atoms with van der Waals surface area (Å²) in [5, 5.41) is 33.9. The van der Waals surface area contributed by atoms with Gasteiger partial charge in [0.05, 0.1) is 25.0 Å². The molecule has 2 heterocycles. The number of aliphatic carboxylic acids is 1. The maximum Gasteiger partial charge on any atom is 0.327 e. The molecule has 0 aliphatic carbocycles. The van der Waals surface area contributed by atoms with Crippen molar-refractivity contribution in [2.75, 3.05) is 7.11 Å². The van der Waals surface area contributed by atoms with Crippen LogP contribution >= 0.6 is 0 Å². The first-order chi connectivity index (χ1) is 13.4. The molecule has 9 nitrogen and oxygen atoms in total. The van der Waals surface area contributed by atoms with Crippen LogP contribution in [0, 0.1) is 11.8 Å². The van der Waals surface area contributed by atoms with Crippen molar-refractivity contribution in [2.45, 2.75) is 50.9 Å². The third-order valence-electron chi connectivity index (χ3n) is 5.86. The third kappa shape index (κ3) is 2.79. The van der Waals surface area contributed by atoms with Gasteiger partial charge in [0.2, 0.25) is 11.8 Å².